The van der Waals surface area contributed by atoms with Crippen molar-refractivity contribution in [2.45, 2.75) is 0 Å². The average molecular weight is 143 g/mol. The maximum Gasteiger partial charge on any atom is 0.171 e. The lowest BCUT2D eigenvalue weighted by Gasteiger charge is -1.87. The first kappa shape index (κ1) is 5.93. The summed E-state index contributed by atoms with van der Waals surface area (Å²) in [6.45, 7) is 0. The van der Waals surface area contributed by atoms with Gasteiger partial charge >= 0.3 is 0 Å². The molecular formula is C8H5N3. The SMILES string of the molecule is C#Cn1ncc2cccnc21. The highest BCUT2D eigenvalue weighted by Crippen LogP contribution is 2.07. The van der Waals surface area contributed by atoms with Crippen LogP contribution in [0.15, 0.2) is 24.5 Å². The maximum absolute atomic E-state index is 5.17. The Balaban J connectivity index is 2.89. The smallest absolute Gasteiger partial charge is 0.171 e. The van der Waals surface area contributed by atoms with E-state index in [0.717, 1.165) is 11.0 Å². The third-order valence-electron chi connectivity index (χ3n) is 1.45. The van der Waals surface area contributed by atoms with Gasteiger partial charge in [-0.05, 0) is 12.1 Å². The summed E-state index contributed by atoms with van der Waals surface area (Å²) >= 11 is 0. The maximum atomic E-state index is 5.17. The van der Waals surface area contributed by atoms with Gasteiger partial charge < -0.3 is 0 Å². The number of hydrogen-bond acceptors (Lipinski definition) is 2. The fourth-order valence-corrected chi connectivity index (χ4v) is 0.956. The van der Waals surface area contributed by atoms with Gasteiger partial charge in [-0.3, -0.25) is 0 Å². The molecule has 52 valence electrons. The molecule has 2 aromatic rings. The van der Waals surface area contributed by atoms with Crippen LogP contribution in [0.3, 0.4) is 0 Å². The van der Waals surface area contributed by atoms with Crippen molar-refractivity contribution in [1.82, 2.24) is 14.8 Å². The molecule has 0 aliphatic heterocycles. The van der Waals surface area contributed by atoms with Crippen molar-refractivity contribution in [2.75, 3.05) is 0 Å². The first-order valence-electron chi connectivity index (χ1n) is 3.17. The molecule has 0 saturated carbocycles. The van der Waals surface area contributed by atoms with E-state index in [1.54, 1.807) is 12.4 Å². The Morgan fingerprint density at radius 3 is 3.27 bits per heavy atom. The van der Waals surface area contributed by atoms with Gasteiger partial charge in [0.05, 0.1) is 6.20 Å². The van der Waals surface area contributed by atoms with Gasteiger partial charge in [-0.1, -0.05) is 6.42 Å². The summed E-state index contributed by atoms with van der Waals surface area (Å²) in [5.41, 5.74) is 0.731. The quantitative estimate of drug-likeness (QED) is 0.512. The summed E-state index contributed by atoms with van der Waals surface area (Å²) in [4.78, 5) is 4.07. The van der Waals surface area contributed by atoms with Crippen LogP contribution in [-0.2, 0) is 0 Å². The largest absolute Gasteiger partial charge is 0.236 e. The van der Waals surface area contributed by atoms with Crippen LogP contribution in [0, 0.1) is 12.5 Å². The molecule has 0 N–H and O–H groups in total. The summed E-state index contributed by atoms with van der Waals surface area (Å²) in [5, 5.41) is 4.90. The second kappa shape index (κ2) is 2.10. The van der Waals surface area contributed by atoms with E-state index in [4.69, 9.17) is 6.42 Å². The topological polar surface area (TPSA) is 30.7 Å². The van der Waals surface area contributed by atoms with E-state index in [2.05, 4.69) is 16.1 Å². The van der Waals surface area contributed by atoms with Crippen LogP contribution in [0.25, 0.3) is 11.0 Å². The summed E-state index contributed by atoms with van der Waals surface area (Å²) in [6.07, 6.45) is 8.56. The van der Waals surface area contributed by atoms with Gasteiger partial charge in [0.25, 0.3) is 0 Å². The minimum Gasteiger partial charge on any atom is -0.236 e. The van der Waals surface area contributed by atoms with E-state index in [-0.39, 0.29) is 0 Å². The molecule has 2 heterocycles. The lowest BCUT2D eigenvalue weighted by atomic mass is 10.4. The number of nitrogens with zero attached hydrogens (tertiary/aromatic N) is 3. The van der Waals surface area contributed by atoms with Crippen LogP contribution < -0.4 is 0 Å². The molecule has 0 unspecified atom stereocenters. The Morgan fingerprint density at radius 1 is 1.55 bits per heavy atom. The van der Waals surface area contributed by atoms with Crippen molar-refractivity contribution in [3.05, 3.63) is 24.5 Å². The van der Waals surface area contributed by atoms with Gasteiger partial charge in [-0.15, -0.1) is 0 Å². The van der Waals surface area contributed by atoms with E-state index in [1.807, 2.05) is 12.1 Å². The minimum atomic E-state index is 0.731. The van der Waals surface area contributed by atoms with E-state index in [1.165, 1.54) is 4.68 Å². The van der Waals surface area contributed by atoms with Crippen LogP contribution in [0.1, 0.15) is 0 Å². The van der Waals surface area contributed by atoms with E-state index >= 15 is 0 Å². The molecule has 0 amide bonds. The van der Waals surface area contributed by atoms with E-state index < -0.39 is 0 Å². The lowest BCUT2D eigenvalue weighted by molar-refractivity contribution is 0.934. The van der Waals surface area contributed by atoms with Crippen molar-refractivity contribution in [1.29, 1.82) is 0 Å². The van der Waals surface area contributed by atoms with Crippen LogP contribution in [0.4, 0.5) is 0 Å². The second-order valence-corrected chi connectivity index (χ2v) is 2.10. The summed E-state index contributed by atoms with van der Waals surface area (Å²) < 4.78 is 1.41. The van der Waals surface area contributed by atoms with Gasteiger partial charge in [-0.2, -0.15) is 9.78 Å². The molecule has 0 aromatic carbocycles. The first-order valence-corrected chi connectivity index (χ1v) is 3.17. The monoisotopic (exact) mass is 143 g/mol. The van der Waals surface area contributed by atoms with Gasteiger partial charge in [0.2, 0.25) is 0 Å². The molecule has 0 aliphatic carbocycles. The molecule has 0 spiro atoms. The first-order chi connectivity index (χ1) is 5.42. The molecule has 2 rings (SSSR count). The summed E-state index contributed by atoms with van der Waals surface area (Å²) in [6, 6.07) is 6.16. The molecule has 0 bridgehead atoms. The zero-order valence-corrected chi connectivity index (χ0v) is 5.73. The van der Waals surface area contributed by atoms with Crippen molar-refractivity contribution in [3.63, 3.8) is 0 Å². The molecule has 0 fully saturated rings. The number of terminal acetylenes is 1. The summed E-state index contributed by atoms with van der Waals surface area (Å²) in [7, 11) is 0. The fraction of sp³-hybridized carbons (Fsp3) is 0. The fourth-order valence-electron chi connectivity index (χ4n) is 0.956. The molecule has 3 heteroatoms. The van der Waals surface area contributed by atoms with Crippen LogP contribution in [0.2, 0.25) is 0 Å². The normalized spacial score (nSPS) is 9.73. The van der Waals surface area contributed by atoms with Gasteiger partial charge in [0, 0.05) is 17.6 Å². The Hall–Kier alpha value is -1.82. The molecule has 3 nitrogen and oxygen atoms in total. The van der Waals surface area contributed by atoms with Gasteiger partial charge in [0.15, 0.2) is 5.65 Å². The Kier molecular flexibility index (Phi) is 1.13. The predicted octanol–water partition coefficient (Wildman–Crippen LogP) is 0.870. The summed E-state index contributed by atoms with van der Waals surface area (Å²) in [5.74, 6) is 0. The highest BCUT2D eigenvalue weighted by atomic mass is 15.3. The van der Waals surface area contributed by atoms with Crippen LogP contribution >= 0.6 is 0 Å². The van der Waals surface area contributed by atoms with Crippen molar-refractivity contribution >= 4 is 11.0 Å². The number of rotatable bonds is 0. The molecule has 0 aliphatic rings. The molecule has 0 saturated heterocycles. The molecule has 11 heavy (non-hydrogen) atoms. The molecule has 0 radical (unpaired) electrons. The Morgan fingerprint density at radius 2 is 2.45 bits per heavy atom. The minimum absolute atomic E-state index is 0.731. The lowest BCUT2D eigenvalue weighted by Crippen LogP contribution is -1.90. The van der Waals surface area contributed by atoms with Crippen molar-refractivity contribution in [2.24, 2.45) is 0 Å². The van der Waals surface area contributed by atoms with E-state index in [9.17, 15) is 0 Å². The van der Waals surface area contributed by atoms with Crippen LogP contribution in [0.5, 0.6) is 0 Å². The third-order valence-corrected chi connectivity index (χ3v) is 1.45. The number of aromatic nitrogens is 3. The standard InChI is InChI=1S/C8H5N3/c1-2-11-8-7(6-10-11)4-3-5-9-8/h1,3-6H. The zero-order valence-electron chi connectivity index (χ0n) is 5.73. The van der Waals surface area contributed by atoms with Gasteiger partial charge in [0.1, 0.15) is 0 Å². The predicted molar refractivity (Wildman–Crippen MR) is 41.8 cm³/mol. The highest BCUT2D eigenvalue weighted by Gasteiger charge is 1.97. The number of hydrogen-bond donors (Lipinski definition) is 0. The second-order valence-electron chi connectivity index (χ2n) is 2.10. The molecule has 0 atom stereocenters. The third kappa shape index (κ3) is 0.767. The highest BCUT2D eigenvalue weighted by molar-refractivity contribution is 5.74. The van der Waals surface area contributed by atoms with Crippen molar-refractivity contribution < 1.29 is 0 Å². The Labute approximate surface area is 63.7 Å². The number of fused-ring (bicyclic) bond motifs is 1. The average Bonchev–Trinajstić information content (AvgIpc) is 2.47. The molecule has 2 aromatic heterocycles. The van der Waals surface area contributed by atoms with Gasteiger partial charge in [-0.25, -0.2) is 4.98 Å². The van der Waals surface area contributed by atoms with Crippen LogP contribution in [-0.4, -0.2) is 14.8 Å². The zero-order chi connectivity index (χ0) is 7.68. The van der Waals surface area contributed by atoms with Crippen molar-refractivity contribution in [3.8, 4) is 12.5 Å². The number of pyridine rings is 1. The Bertz CT molecular complexity index is 422. The molecular weight excluding hydrogens is 138 g/mol. The van der Waals surface area contributed by atoms with E-state index in [0.29, 0.717) is 0 Å².